The maximum atomic E-state index is 5.84. The lowest BCUT2D eigenvalue weighted by Crippen LogP contribution is -1.96. The minimum atomic E-state index is 0.790. The van der Waals surface area contributed by atoms with E-state index in [0.29, 0.717) is 0 Å². The van der Waals surface area contributed by atoms with Crippen LogP contribution in [0.2, 0.25) is 0 Å². The van der Waals surface area contributed by atoms with Gasteiger partial charge in [0, 0.05) is 17.1 Å². The summed E-state index contributed by atoms with van der Waals surface area (Å²) in [5, 5.41) is 3.41. The summed E-state index contributed by atoms with van der Waals surface area (Å²) >= 11 is 0. The number of hydrogen-bond acceptors (Lipinski definition) is 2. The monoisotopic (exact) mass is 226 g/mol. The summed E-state index contributed by atoms with van der Waals surface area (Å²) in [5.74, 6) is 0. The van der Waals surface area contributed by atoms with Crippen LogP contribution in [-0.2, 0) is 0 Å². The fourth-order valence-electron chi connectivity index (χ4n) is 1.91. The topological polar surface area (TPSA) is 38.0 Å². The number of rotatable bonds is 2. The highest BCUT2D eigenvalue weighted by molar-refractivity contribution is 5.67. The van der Waals surface area contributed by atoms with Crippen LogP contribution < -0.4 is 11.1 Å². The van der Waals surface area contributed by atoms with Gasteiger partial charge in [0.2, 0.25) is 0 Å². The Morgan fingerprint density at radius 2 is 1.65 bits per heavy atom. The SMILES string of the molecule is Cc1cc(N)cc(Nc2cc(C)ccc2C)c1. The quantitative estimate of drug-likeness (QED) is 0.761. The van der Waals surface area contributed by atoms with Gasteiger partial charge < -0.3 is 11.1 Å². The van der Waals surface area contributed by atoms with E-state index in [0.717, 1.165) is 22.6 Å². The van der Waals surface area contributed by atoms with Crippen molar-refractivity contribution in [3.63, 3.8) is 0 Å². The highest BCUT2D eigenvalue weighted by atomic mass is 14.9. The van der Waals surface area contributed by atoms with Crippen LogP contribution in [0.25, 0.3) is 0 Å². The van der Waals surface area contributed by atoms with Gasteiger partial charge in [0.25, 0.3) is 0 Å². The fourth-order valence-corrected chi connectivity index (χ4v) is 1.91. The van der Waals surface area contributed by atoms with Gasteiger partial charge in [-0.25, -0.2) is 0 Å². The molecule has 2 heteroatoms. The summed E-state index contributed by atoms with van der Waals surface area (Å²) in [4.78, 5) is 0. The molecule has 17 heavy (non-hydrogen) atoms. The van der Waals surface area contributed by atoms with Crippen molar-refractivity contribution in [3.8, 4) is 0 Å². The molecule has 0 aliphatic carbocycles. The molecule has 2 aromatic carbocycles. The molecule has 2 rings (SSSR count). The Bertz CT molecular complexity index is 524. The summed E-state index contributed by atoms with van der Waals surface area (Å²) < 4.78 is 0. The molecule has 0 heterocycles. The molecular weight excluding hydrogens is 208 g/mol. The van der Waals surface area contributed by atoms with Crippen LogP contribution in [-0.4, -0.2) is 0 Å². The Morgan fingerprint density at radius 1 is 0.882 bits per heavy atom. The van der Waals surface area contributed by atoms with Crippen LogP contribution >= 0.6 is 0 Å². The van der Waals surface area contributed by atoms with E-state index >= 15 is 0 Å². The van der Waals surface area contributed by atoms with Crippen molar-refractivity contribution >= 4 is 17.1 Å². The molecule has 2 nitrogen and oxygen atoms in total. The zero-order valence-corrected chi connectivity index (χ0v) is 10.5. The van der Waals surface area contributed by atoms with E-state index in [1.807, 2.05) is 19.1 Å². The van der Waals surface area contributed by atoms with E-state index in [9.17, 15) is 0 Å². The summed E-state index contributed by atoms with van der Waals surface area (Å²) in [5.41, 5.74) is 12.4. The number of nitrogens with two attached hydrogens (primary N) is 1. The second-order valence-electron chi connectivity index (χ2n) is 4.58. The van der Waals surface area contributed by atoms with E-state index in [4.69, 9.17) is 5.73 Å². The molecule has 0 unspecified atom stereocenters. The molecule has 2 aromatic rings. The van der Waals surface area contributed by atoms with E-state index < -0.39 is 0 Å². The molecule has 88 valence electrons. The third kappa shape index (κ3) is 2.78. The van der Waals surface area contributed by atoms with Crippen LogP contribution in [0.15, 0.2) is 36.4 Å². The minimum Gasteiger partial charge on any atom is -0.399 e. The molecule has 0 bridgehead atoms. The Balaban J connectivity index is 2.34. The average Bonchev–Trinajstić information content (AvgIpc) is 2.22. The molecule has 0 atom stereocenters. The van der Waals surface area contributed by atoms with Crippen LogP contribution in [0, 0.1) is 20.8 Å². The van der Waals surface area contributed by atoms with E-state index in [1.165, 1.54) is 11.1 Å². The first-order valence-electron chi connectivity index (χ1n) is 5.76. The molecule has 3 N–H and O–H groups in total. The number of nitrogen functional groups attached to an aromatic ring is 1. The van der Waals surface area contributed by atoms with Gasteiger partial charge in [-0.2, -0.15) is 0 Å². The first-order valence-corrected chi connectivity index (χ1v) is 5.76. The molecule has 0 spiro atoms. The van der Waals surface area contributed by atoms with Crippen LogP contribution in [0.3, 0.4) is 0 Å². The normalized spacial score (nSPS) is 10.3. The maximum absolute atomic E-state index is 5.84. The molecule has 0 aliphatic heterocycles. The third-order valence-electron chi connectivity index (χ3n) is 2.77. The molecule has 0 saturated heterocycles. The third-order valence-corrected chi connectivity index (χ3v) is 2.77. The Kier molecular flexibility index (Phi) is 3.05. The van der Waals surface area contributed by atoms with Gasteiger partial charge in [0.05, 0.1) is 0 Å². The van der Waals surface area contributed by atoms with Gasteiger partial charge in [-0.1, -0.05) is 12.1 Å². The number of benzene rings is 2. The second kappa shape index (κ2) is 4.50. The smallest absolute Gasteiger partial charge is 0.0416 e. The lowest BCUT2D eigenvalue weighted by Gasteiger charge is -2.11. The molecular formula is C15H18N2. The highest BCUT2D eigenvalue weighted by Gasteiger charge is 2.01. The van der Waals surface area contributed by atoms with Crippen molar-refractivity contribution in [2.75, 3.05) is 11.1 Å². The standard InChI is InChI=1S/C15H18N2/c1-10-4-5-12(3)15(8-10)17-14-7-11(2)6-13(16)9-14/h4-9,17H,16H2,1-3H3. The lowest BCUT2D eigenvalue weighted by molar-refractivity contribution is 1.37. The van der Waals surface area contributed by atoms with Crippen molar-refractivity contribution < 1.29 is 0 Å². The molecule has 0 saturated carbocycles. The lowest BCUT2D eigenvalue weighted by atomic mass is 10.1. The van der Waals surface area contributed by atoms with Crippen molar-refractivity contribution in [2.24, 2.45) is 0 Å². The van der Waals surface area contributed by atoms with Crippen molar-refractivity contribution in [2.45, 2.75) is 20.8 Å². The van der Waals surface area contributed by atoms with Crippen LogP contribution in [0.5, 0.6) is 0 Å². The first kappa shape index (κ1) is 11.5. The number of anilines is 3. The molecule has 0 aromatic heterocycles. The maximum Gasteiger partial charge on any atom is 0.0416 e. The minimum absolute atomic E-state index is 0.790. The molecule has 0 aliphatic rings. The molecule has 0 amide bonds. The van der Waals surface area contributed by atoms with Gasteiger partial charge in [-0.3, -0.25) is 0 Å². The Labute approximate surface area is 102 Å². The van der Waals surface area contributed by atoms with Gasteiger partial charge in [0.1, 0.15) is 0 Å². The molecule has 0 radical (unpaired) electrons. The van der Waals surface area contributed by atoms with E-state index in [-0.39, 0.29) is 0 Å². The molecule has 0 fully saturated rings. The summed E-state index contributed by atoms with van der Waals surface area (Å²) in [6.45, 7) is 6.24. The summed E-state index contributed by atoms with van der Waals surface area (Å²) in [6, 6.07) is 12.4. The van der Waals surface area contributed by atoms with Crippen molar-refractivity contribution in [1.29, 1.82) is 0 Å². The number of hydrogen-bond donors (Lipinski definition) is 2. The summed E-state index contributed by atoms with van der Waals surface area (Å²) in [7, 11) is 0. The predicted molar refractivity (Wildman–Crippen MR) is 74.8 cm³/mol. The second-order valence-corrected chi connectivity index (χ2v) is 4.58. The number of aryl methyl sites for hydroxylation is 3. The van der Waals surface area contributed by atoms with Gasteiger partial charge in [-0.05, 0) is 61.7 Å². The zero-order valence-electron chi connectivity index (χ0n) is 10.5. The van der Waals surface area contributed by atoms with E-state index in [2.05, 4.69) is 43.4 Å². The zero-order chi connectivity index (χ0) is 12.4. The fraction of sp³-hybridized carbons (Fsp3) is 0.200. The Hall–Kier alpha value is -1.96. The van der Waals surface area contributed by atoms with E-state index in [1.54, 1.807) is 0 Å². The predicted octanol–water partition coefficient (Wildman–Crippen LogP) is 3.94. The van der Waals surface area contributed by atoms with Gasteiger partial charge in [0.15, 0.2) is 0 Å². The van der Waals surface area contributed by atoms with Crippen LogP contribution in [0.1, 0.15) is 16.7 Å². The van der Waals surface area contributed by atoms with Crippen molar-refractivity contribution in [1.82, 2.24) is 0 Å². The van der Waals surface area contributed by atoms with Crippen molar-refractivity contribution in [3.05, 3.63) is 53.1 Å². The Morgan fingerprint density at radius 3 is 2.35 bits per heavy atom. The summed E-state index contributed by atoms with van der Waals surface area (Å²) in [6.07, 6.45) is 0. The van der Waals surface area contributed by atoms with Crippen LogP contribution in [0.4, 0.5) is 17.1 Å². The largest absolute Gasteiger partial charge is 0.399 e. The highest BCUT2D eigenvalue weighted by Crippen LogP contribution is 2.24. The number of nitrogens with one attached hydrogen (secondary N) is 1. The first-order chi connectivity index (χ1) is 8.04. The van der Waals surface area contributed by atoms with Gasteiger partial charge >= 0.3 is 0 Å². The van der Waals surface area contributed by atoms with Gasteiger partial charge in [-0.15, -0.1) is 0 Å². The average molecular weight is 226 g/mol.